The van der Waals surface area contributed by atoms with Crippen LogP contribution in [0.25, 0.3) is 11.3 Å². The summed E-state index contributed by atoms with van der Waals surface area (Å²) in [7, 11) is 3.78. The third-order valence-corrected chi connectivity index (χ3v) is 2.22. The van der Waals surface area contributed by atoms with Crippen molar-refractivity contribution in [1.29, 1.82) is 0 Å². The molecular weight excluding hydrogens is 222 g/mol. The van der Waals surface area contributed by atoms with Gasteiger partial charge in [-0.1, -0.05) is 5.16 Å². The molecule has 6 heteroatoms. The quantitative estimate of drug-likeness (QED) is 0.865. The Hall–Kier alpha value is -2.37. The average Bonchev–Trinajstić information content (AvgIpc) is 2.78. The van der Waals surface area contributed by atoms with Gasteiger partial charge in [0.1, 0.15) is 11.5 Å². The molecule has 88 valence electrons. The van der Waals surface area contributed by atoms with Crippen molar-refractivity contribution in [3.8, 4) is 11.3 Å². The molecule has 0 unspecified atom stereocenters. The molecule has 2 rings (SSSR count). The number of nitrogens with zero attached hydrogens (tertiary/aromatic N) is 3. The SMILES string of the molecule is CN(C)c1ccc(-c2cc(C(=O)O)on2)cn1. The van der Waals surface area contributed by atoms with E-state index < -0.39 is 5.97 Å². The van der Waals surface area contributed by atoms with Gasteiger partial charge >= 0.3 is 5.97 Å². The van der Waals surface area contributed by atoms with Crippen molar-refractivity contribution in [3.63, 3.8) is 0 Å². The normalized spacial score (nSPS) is 10.2. The lowest BCUT2D eigenvalue weighted by molar-refractivity contribution is 0.0652. The highest BCUT2D eigenvalue weighted by Crippen LogP contribution is 2.20. The van der Waals surface area contributed by atoms with Gasteiger partial charge in [0.2, 0.25) is 5.76 Å². The van der Waals surface area contributed by atoms with E-state index in [1.807, 2.05) is 31.1 Å². The van der Waals surface area contributed by atoms with Crippen molar-refractivity contribution >= 4 is 11.8 Å². The first-order valence-corrected chi connectivity index (χ1v) is 4.91. The van der Waals surface area contributed by atoms with Crippen LogP contribution in [0, 0.1) is 0 Å². The molecular formula is C11H11N3O3. The second-order valence-electron chi connectivity index (χ2n) is 3.68. The molecule has 0 aliphatic rings. The molecule has 0 amide bonds. The predicted molar refractivity (Wildman–Crippen MR) is 61.0 cm³/mol. The largest absolute Gasteiger partial charge is 0.475 e. The standard InChI is InChI=1S/C11H11N3O3/c1-14(2)10-4-3-7(6-12-10)8-5-9(11(15)16)17-13-8/h3-6H,1-2H3,(H,15,16). The Balaban J connectivity index is 2.30. The van der Waals surface area contributed by atoms with Crippen molar-refractivity contribution in [2.24, 2.45) is 0 Å². The lowest BCUT2D eigenvalue weighted by Gasteiger charge is -2.10. The Morgan fingerprint density at radius 1 is 1.41 bits per heavy atom. The lowest BCUT2D eigenvalue weighted by Crippen LogP contribution is -2.09. The number of carboxylic acid groups (broad SMARTS) is 1. The molecule has 0 atom stereocenters. The number of carbonyl (C=O) groups is 1. The highest BCUT2D eigenvalue weighted by atomic mass is 16.5. The second kappa shape index (κ2) is 4.25. The van der Waals surface area contributed by atoms with E-state index >= 15 is 0 Å². The first-order valence-electron chi connectivity index (χ1n) is 4.91. The lowest BCUT2D eigenvalue weighted by atomic mass is 10.2. The summed E-state index contributed by atoms with van der Waals surface area (Å²) in [6.45, 7) is 0. The number of carboxylic acids is 1. The van der Waals surface area contributed by atoms with E-state index in [9.17, 15) is 4.79 Å². The van der Waals surface area contributed by atoms with Crippen molar-refractivity contribution < 1.29 is 14.4 Å². The molecule has 0 bridgehead atoms. The van der Waals surface area contributed by atoms with E-state index in [4.69, 9.17) is 5.11 Å². The van der Waals surface area contributed by atoms with Crippen LogP contribution in [-0.4, -0.2) is 35.3 Å². The van der Waals surface area contributed by atoms with Crippen LogP contribution >= 0.6 is 0 Å². The Morgan fingerprint density at radius 2 is 2.18 bits per heavy atom. The zero-order chi connectivity index (χ0) is 12.4. The summed E-state index contributed by atoms with van der Waals surface area (Å²) < 4.78 is 4.67. The molecule has 0 aromatic carbocycles. The Morgan fingerprint density at radius 3 is 2.65 bits per heavy atom. The van der Waals surface area contributed by atoms with Crippen LogP contribution < -0.4 is 4.90 Å². The van der Waals surface area contributed by atoms with Crippen LogP contribution in [0.3, 0.4) is 0 Å². The van der Waals surface area contributed by atoms with Crippen LogP contribution in [0.15, 0.2) is 28.9 Å². The van der Waals surface area contributed by atoms with Gasteiger partial charge in [-0.3, -0.25) is 0 Å². The van der Waals surface area contributed by atoms with Gasteiger partial charge in [-0.05, 0) is 12.1 Å². The van der Waals surface area contributed by atoms with E-state index in [1.54, 1.807) is 6.20 Å². The Labute approximate surface area is 97.5 Å². The maximum Gasteiger partial charge on any atom is 0.374 e. The molecule has 1 N–H and O–H groups in total. The fraction of sp³-hybridized carbons (Fsp3) is 0.182. The van der Waals surface area contributed by atoms with Gasteiger partial charge < -0.3 is 14.5 Å². The molecule has 0 radical (unpaired) electrons. The number of hydrogen-bond donors (Lipinski definition) is 1. The highest BCUT2D eigenvalue weighted by molar-refractivity contribution is 5.85. The van der Waals surface area contributed by atoms with Gasteiger partial charge in [-0.2, -0.15) is 0 Å². The molecule has 0 aliphatic heterocycles. The minimum Gasteiger partial charge on any atom is -0.475 e. The van der Waals surface area contributed by atoms with Gasteiger partial charge in [-0.15, -0.1) is 0 Å². The summed E-state index contributed by atoms with van der Waals surface area (Å²) in [6, 6.07) is 5.00. The molecule has 2 heterocycles. The number of hydrogen-bond acceptors (Lipinski definition) is 5. The highest BCUT2D eigenvalue weighted by Gasteiger charge is 2.12. The number of anilines is 1. The van der Waals surface area contributed by atoms with Crippen molar-refractivity contribution in [3.05, 3.63) is 30.2 Å². The van der Waals surface area contributed by atoms with Crippen LogP contribution in [0.4, 0.5) is 5.82 Å². The molecule has 0 spiro atoms. The zero-order valence-electron chi connectivity index (χ0n) is 9.41. The minimum absolute atomic E-state index is 0.184. The summed E-state index contributed by atoms with van der Waals surface area (Å²) in [5, 5.41) is 12.4. The maximum atomic E-state index is 10.6. The third kappa shape index (κ3) is 2.25. The number of rotatable bonds is 3. The van der Waals surface area contributed by atoms with E-state index in [0.717, 1.165) is 5.82 Å². The topological polar surface area (TPSA) is 79.5 Å². The van der Waals surface area contributed by atoms with E-state index in [1.165, 1.54) is 6.07 Å². The second-order valence-corrected chi connectivity index (χ2v) is 3.68. The van der Waals surface area contributed by atoms with Crippen molar-refractivity contribution in [1.82, 2.24) is 10.1 Å². The van der Waals surface area contributed by atoms with E-state index in [0.29, 0.717) is 11.3 Å². The monoisotopic (exact) mass is 233 g/mol. The molecule has 0 fully saturated rings. The van der Waals surface area contributed by atoms with Gasteiger partial charge in [-0.25, -0.2) is 9.78 Å². The van der Waals surface area contributed by atoms with Gasteiger partial charge in [0.25, 0.3) is 0 Å². The molecule has 17 heavy (non-hydrogen) atoms. The van der Waals surface area contributed by atoms with Crippen LogP contribution in [0.1, 0.15) is 10.6 Å². The number of aromatic carboxylic acids is 1. The van der Waals surface area contributed by atoms with Crippen molar-refractivity contribution in [2.75, 3.05) is 19.0 Å². The summed E-state index contributed by atoms with van der Waals surface area (Å²) in [6.07, 6.45) is 1.62. The Kier molecular flexibility index (Phi) is 2.78. The summed E-state index contributed by atoms with van der Waals surface area (Å²) in [4.78, 5) is 16.7. The molecule has 2 aromatic rings. The van der Waals surface area contributed by atoms with Crippen LogP contribution in [0.2, 0.25) is 0 Å². The number of aromatic nitrogens is 2. The van der Waals surface area contributed by atoms with Gasteiger partial charge in [0, 0.05) is 31.9 Å². The van der Waals surface area contributed by atoms with Gasteiger partial charge in [0.15, 0.2) is 0 Å². The zero-order valence-corrected chi connectivity index (χ0v) is 9.41. The minimum atomic E-state index is -1.14. The average molecular weight is 233 g/mol. The predicted octanol–water partition coefficient (Wildman–Crippen LogP) is 1.50. The molecule has 0 saturated heterocycles. The summed E-state index contributed by atoms with van der Waals surface area (Å²) in [5.41, 5.74) is 1.17. The van der Waals surface area contributed by atoms with Crippen LogP contribution in [0.5, 0.6) is 0 Å². The van der Waals surface area contributed by atoms with Crippen molar-refractivity contribution in [2.45, 2.75) is 0 Å². The van der Waals surface area contributed by atoms with E-state index in [-0.39, 0.29) is 5.76 Å². The first kappa shape index (κ1) is 11.1. The summed E-state index contributed by atoms with van der Waals surface area (Å²) in [5.74, 6) is -0.506. The molecule has 2 aromatic heterocycles. The van der Waals surface area contributed by atoms with Gasteiger partial charge in [0.05, 0.1) is 0 Å². The Bertz CT molecular complexity index is 531. The summed E-state index contributed by atoms with van der Waals surface area (Å²) >= 11 is 0. The fourth-order valence-electron chi connectivity index (χ4n) is 1.31. The molecule has 0 saturated carbocycles. The first-order chi connectivity index (χ1) is 8.08. The molecule has 6 nitrogen and oxygen atoms in total. The van der Waals surface area contributed by atoms with E-state index in [2.05, 4.69) is 14.7 Å². The smallest absolute Gasteiger partial charge is 0.374 e. The number of pyridine rings is 1. The van der Waals surface area contributed by atoms with Crippen LogP contribution in [-0.2, 0) is 0 Å². The third-order valence-electron chi connectivity index (χ3n) is 2.22. The molecule has 0 aliphatic carbocycles. The fourth-order valence-corrected chi connectivity index (χ4v) is 1.31. The maximum absolute atomic E-state index is 10.6.